The summed E-state index contributed by atoms with van der Waals surface area (Å²) in [6, 6.07) is 14.7. The number of unbranched alkanes of at least 4 members (excludes halogenated alkanes) is 3. The molecule has 10 heteroatoms. The first-order valence-electron chi connectivity index (χ1n) is 11.6. The fourth-order valence-electron chi connectivity index (χ4n) is 3.86. The molecule has 3 atom stereocenters. The molecule has 190 valence electrons. The van der Waals surface area contributed by atoms with Crippen molar-refractivity contribution in [3.05, 3.63) is 76.1 Å². The predicted octanol–water partition coefficient (Wildman–Crippen LogP) is 5.50. The van der Waals surface area contributed by atoms with Crippen LogP contribution < -0.4 is 15.4 Å². The zero-order valence-electron chi connectivity index (χ0n) is 19.5. The molecule has 35 heavy (non-hydrogen) atoms. The van der Waals surface area contributed by atoms with Gasteiger partial charge in [-0.3, -0.25) is 4.79 Å². The summed E-state index contributed by atoms with van der Waals surface area (Å²) in [6.45, 7) is 1.13. The molecule has 0 fully saturated rings. The van der Waals surface area contributed by atoms with Gasteiger partial charge in [0, 0.05) is 39.6 Å². The average Bonchev–Trinajstić information content (AvgIpc) is 2.87. The third-order valence-corrected chi connectivity index (χ3v) is 6.31. The van der Waals surface area contributed by atoms with Crippen molar-refractivity contribution in [1.29, 1.82) is 0 Å². The Morgan fingerprint density at radius 1 is 0.971 bits per heavy atom. The van der Waals surface area contributed by atoms with Crippen LogP contribution in [0.15, 0.2) is 59.4 Å². The highest BCUT2D eigenvalue weighted by Crippen LogP contribution is 2.32. The van der Waals surface area contributed by atoms with Crippen molar-refractivity contribution in [1.82, 2.24) is 10.3 Å². The van der Waals surface area contributed by atoms with Crippen LogP contribution in [0, 0.1) is 0 Å². The molecule has 0 aliphatic rings. The minimum absolute atomic E-state index is 0.0197. The number of halogens is 2. The lowest BCUT2D eigenvalue weighted by atomic mass is 10.0. The highest BCUT2D eigenvalue weighted by molar-refractivity contribution is 7.10. The molecular weight excluding hydrogens is 492 g/mol. The highest BCUT2D eigenvalue weighted by Gasteiger charge is 2.31. The maximum Gasteiger partial charge on any atom is 0.296 e. The number of benzene rings is 2. The standard InChI is InChI=1S/C25H32F2N2O4P2/c26-25(27,18-8-4-3-5-9-18)17-31-15-7-2-1-6-14-28-16-22(33-35)19-10-12-21(32-34)24-20(19)11-13-23(30)29-24/h3-5,8-13,22,28H,1-2,6-7,14-17,34-35H2,(H,29,30)/t22-/m0/s1. The number of aromatic amines is 1. The van der Waals surface area contributed by atoms with E-state index in [2.05, 4.69) is 29.2 Å². The van der Waals surface area contributed by atoms with Gasteiger partial charge in [-0.15, -0.1) is 0 Å². The van der Waals surface area contributed by atoms with Crippen molar-refractivity contribution in [2.45, 2.75) is 37.7 Å². The van der Waals surface area contributed by atoms with Gasteiger partial charge in [-0.25, -0.2) is 0 Å². The molecule has 2 unspecified atom stereocenters. The molecule has 0 spiro atoms. The van der Waals surface area contributed by atoms with Crippen LogP contribution in [0.2, 0.25) is 0 Å². The number of aromatic nitrogens is 1. The molecule has 1 aromatic heterocycles. The van der Waals surface area contributed by atoms with Crippen molar-refractivity contribution >= 4 is 29.8 Å². The van der Waals surface area contributed by atoms with Gasteiger partial charge in [0.25, 0.3) is 5.92 Å². The second kappa shape index (κ2) is 14.0. The van der Waals surface area contributed by atoms with E-state index in [0.29, 0.717) is 24.4 Å². The van der Waals surface area contributed by atoms with E-state index in [4.69, 9.17) is 13.8 Å². The quantitative estimate of drug-likeness (QED) is 0.203. The number of pyridine rings is 1. The Labute approximate surface area is 208 Å². The van der Waals surface area contributed by atoms with Crippen molar-refractivity contribution in [2.75, 3.05) is 26.3 Å². The molecule has 2 N–H and O–H groups in total. The van der Waals surface area contributed by atoms with Crippen LogP contribution >= 0.6 is 18.9 Å². The number of H-pyrrole nitrogens is 1. The van der Waals surface area contributed by atoms with Crippen LogP contribution in [-0.4, -0.2) is 31.3 Å². The first-order valence-corrected chi connectivity index (χ1v) is 12.5. The predicted molar refractivity (Wildman–Crippen MR) is 141 cm³/mol. The van der Waals surface area contributed by atoms with Gasteiger partial charge in [-0.1, -0.05) is 49.2 Å². The number of fused-ring (bicyclic) bond motifs is 1. The van der Waals surface area contributed by atoms with Crippen LogP contribution in [0.3, 0.4) is 0 Å². The molecule has 3 aromatic rings. The lowest BCUT2D eigenvalue weighted by Gasteiger charge is -2.19. The Balaban J connectivity index is 1.35. The molecule has 0 aliphatic carbocycles. The van der Waals surface area contributed by atoms with E-state index >= 15 is 0 Å². The molecule has 6 nitrogen and oxygen atoms in total. The van der Waals surface area contributed by atoms with Crippen molar-refractivity contribution in [3.63, 3.8) is 0 Å². The molecule has 0 saturated carbocycles. The van der Waals surface area contributed by atoms with Gasteiger partial charge < -0.3 is 24.1 Å². The topological polar surface area (TPSA) is 72.6 Å². The van der Waals surface area contributed by atoms with Crippen LogP contribution in [0.4, 0.5) is 8.78 Å². The van der Waals surface area contributed by atoms with Crippen LogP contribution in [-0.2, 0) is 15.2 Å². The van der Waals surface area contributed by atoms with Crippen molar-refractivity contribution in [3.8, 4) is 5.75 Å². The normalized spacial score (nSPS) is 12.7. The Hall–Kier alpha value is -1.95. The van der Waals surface area contributed by atoms with E-state index in [1.807, 2.05) is 6.07 Å². The smallest absolute Gasteiger partial charge is 0.296 e. The summed E-state index contributed by atoms with van der Waals surface area (Å²) in [5.41, 5.74) is 1.35. The molecule has 0 saturated heterocycles. The number of ether oxygens (including phenoxy) is 1. The summed E-state index contributed by atoms with van der Waals surface area (Å²) >= 11 is 0. The van der Waals surface area contributed by atoms with Gasteiger partial charge >= 0.3 is 0 Å². The number of hydrogen-bond acceptors (Lipinski definition) is 5. The molecule has 3 rings (SSSR count). The number of alkyl halides is 2. The first kappa shape index (κ1) is 27.6. The molecule has 2 aromatic carbocycles. The maximum absolute atomic E-state index is 14.1. The molecule has 0 bridgehead atoms. The van der Waals surface area contributed by atoms with Crippen molar-refractivity contribution in [2.24, 2.45) is 0 Å². The highest BCUT2D eigenvalue weighted by atomic mass is 31.0. The van der Waals surface area contributed by atoms with E-state index in [9.17, 15) is 13.6 Å². The molecule has 0 amide bonds. The monoisotopic (exact) mass is 524 g/mol. The third-order valence-electron chi connectivity index (χ3n) is 5.73. The van der Waals surface area contributed by atoms with Gasteiger partial charge in [0.2, 0.25) is 5.56 Å². The number of nitrogens with one attached hydrogen (secondary N) is 2. The van der Waals surface area contributed by atoms with Crippen LogP contribution in [0.25, 0.3) is 10.9 Å². The SMILES string of the molecule is O=c1ccc2c([C@H](CNCCCCCCOCC(F)(F)c3ccccc3)OP)ccc(OP)c2[nH]1. The Bertz CT molecular complexity index is 1120. The lowest BCUT2D eigenvalue weighted by Crippen LogP contribution is -2.23. The summed E-state index contributed by atoms with van der Waals surface area (Å²) in [5.74, 6) is -2.40. The minimum atomic E-state index is -2.97. The molecule has 0 aliphatic heterocycles. The van der Waals surface area contributed by atoms with E-state index in [1.54, 1.807) is 30.3 Å². The van der Waals surface area contributed by atoms with E-state index in [0.717, 1.165) is 43.2 Å². The Morgan fingerprint density at radius 3 is 2.49 bits per heavy atom. The average molecular weight is 524 g/mol. The summed E-state index contributed by atoms with van der Waals surface area (Å²) in [6.07, 6.45) is 3.36. The first-order chi connectivity index (χ1) is 17.0. The van der Waals surface area contributed by atoms with Gasteiger partial charge in [-0.2, -0.15) is 8.78 Å². The van der Waals surface area contributed by atoms with Gasteiger partial charge in [0.1, 0.15) is 12.4 Å². The number of hydrogen-bond donors (Lipinski definition) is 2. The Morgan fingerprint density at radius 2 is 1.74 bits per heavy atom. The van der Waals surface area contributed by atoms with E-state index in [-0.39, 0.29) is 17.2 Å². The van der Waals surface area contributed by atoms with Crippen molar-refractivity contribution < 1.29 is 22.6 Å². The fourth-order valence-corrected chi connectivity index (χ4v) is 4.30. The second-order valence-electron chi connectivity index (χ2n) is 8.25. The fraction of sp³-hybridized carbons (Fsp3) is 0.400. The lowest BCUT2D eigenvalue weighted by molar-refractivity contribution is -0.0831. The van der Waals surface area contributed by atoms with E-state index < -0.39 is 12.5 Å². The molecule has 1 heterocycles. The minimum Gasteiger partial charge on any atom is -0.478 e. The molecular formula is C25H32F2N2O4P2. The third kappa shape index (κ3) is 8.03. The second-order valence-corrected chi connectivity index (χ2v) is 8.76. The van der Waals surface area contributed by atoms with Gasteiger partial charge in [0.15, 0.2) is 0 Å². The Kier molecular flexibility index (Phi) is 11.0. The van der Waals surface area contributed by atoms with Gasteiger partial charge in [0.05, 0.1) is 21.1 Å². The maximum atomic E-state index is 14.1. The van der Waals surface area contributed by atoms with Crippen LogP contribution in [0.1, 0.15) is 42.9 Å². The summed E-state index contributed by atoms with van der Waals surface area (Å²) in [7, 11) is 4.50. The van der Waals surface area contributed by atoms with E-state index in [1.165, 1.54) is 18.2 Å². The summed E-state index contributed by atoms with van der Waals surface area (Å²) in [5, 5.41) is 4.26. The number of rotatable bonds is 15. The summed E-state index contributed by atoms with van der Waals surface area (Å²) in [4.78, 5) is 14.6. The van der Waals surface area contributed by atoms with Crippen LogP contribution in [0.5, 0.6) is 5.75 Å². The summed E-state index contributed by atoms with van der Waals surface area (Å²) < 4.78 is 44.2. The molecule has 0 radical (unpaired) electrons. The zero-order valence-corrected chi connectivity index (χ0v) is 21.8. The zero-order chi connectivity index (χ0) is 25.1. The largest absolute Gasteiger partial charge is 0.478 e. The van der Waals surface area contributed by atoms with Gasteiger partial charge in [-0.05, 0) is 37.1 Å².